The van der Waals surface area contributed by atoms with E-state index in [1.807, 2.05) is 6.08 Å². The lowest BCUT2D eigenvalue weighted by Crippen LogP contribution is -2.28. The van der Waals surface area contributed by atoms with Crippen molar-refractivity contribution in [2.45, 2.75) is 32.1 Å². The van der Waals surface area contributed by atoms with E-state index in [1.54, 1.807) is 0 Å². The number of hydrogen-bond acceptors (Lipinski definition) is 2. The van der Waals surface area contributed by atoms with Gasteiger partial charge in [0.25, 0.3) is 0 Å². The topological polar surface area (TPSA) is 21.3 Å². The normalized spacial score (nSPS) is 18.3. The van der Waals surface area contributed by atoms with Crippen molar-refractivity contribution < 1.29 is 4.74 Å². The van der Waals surface area contributed by atoms with Gasteiger partial charge in [-0.05, 0) is 51.1 Å². The molecule has 0 amide bonds. The Morgan fingerprint density at radius 1 is 1.29 bits per heavy atom. The van der Waals surface area contributed by atoms with Gasteiger partial charge in [0, 0.05) is 13.2 Å². The van der Waals surface area contributed by atoms with E-state index >= 15 is 0 Å². The molecule has 0 aromatic rings. The molecule has 0 aliphatic carbocycles. The Kier molecular flexibility index (Phi) is 6.71. The van der Waals surface area contributed by atoms with E-state index in [4.69, 9.17) is 4.74 Å². The summed E-state index contributed by atoms with van der Waals surface area (Å²) in [6.07, 6.45) is 8.16. The minimum absolute atomic E-state index is 0.850. The van der Waals surface area contributed by atoms with Crippen LogP contribution in [0.3, 0.4) is 0 Å². The summed E-state index contributed by atoms with van der Waals surface area (Å²) in [6, 6.07) is 0. The number of nitrogens with one attached hydrogen (secondary N) is 1. The fourth-order valence-electron chi connectivity index (χ4n) is 1.80. The van der Waals surface area contributed by atoms with Crippen LogP contribution in [0, 0.1) is 5.92 Å². The largest absolute Gasteiger partial charge is 0.381 e. The van der Waals surface area contributed by atoms with Crippen molar-refractivity contribution in [2.24, 2.45) is 5.92 Å². The maximum absolute atomic E-state index is 5.32. The summed E-state index contributed by atoms with van der Waals surface area (Å²) >= 11 is 0. The third-order valence-corrected chi connectivity index (χ3v) is 2.79. The fourth-order valence-corrected chi connectivity index (χ4v) is 1.80. The molecule has 2 nitrogen and oxygen atoms in total. The summed E-state index contributed by atoms with van der Waals surface area (Å²) < 4.78 is 5.32. The van der Waals surface area contributed by atoms with E-state index in [0.717, 1.165) is 32.1 Å². The van der Waals surface area contributed by atoms with E-state index < -0.39 is 0 Å². The van der Waals surface area contributed by atoms with Gasteiger partial charge in [0.1, 0.15) is 0 Å². The molecule has 1 heterocycles. The van der Waals surface area contributed by atoms with Crippen LogP contribution >= 0.6 is 0 Å². The summed E-state index contributed by atoms with van der Waals surface area (Å²) in [5.41, 5.74) is 0. The van der Waals surface area contributed by atoms with Gasteiger partial charge in [-0.15, -0.1) is 6.58 Å². The zero-order valence-corrected chi connectivity index (χ0v) is 9.13. The lowest BCUT2D eigenvalue weighted by atomic mass is 10.0. The summed E-state index contributed by atoms with van der Waals surface area (Å²) in [7, 11) is 0. The highest BCUT2D eigenvalue weighted by Gasteiger charge is 2.12. The third kappa shape index (κ3) is 5.40. The van der Waals surface area contributed by atoms with Gasteiger partial charge in [-0.3, -0.25) is 0 Å². The van der Waals surface area contributed by atoms with Gasteiger partial charge in [0.2, 0.25) is 0 Å². The predicted octanol–water partition coefficient (Wildman–Crippen LogP) is 2.36. The SMILES string of the molecule is C=CCCCCNCC1CCOCC1. The van der Waals surface area contributed by atoms with Crippen molar-refractivity contribution >= 4 is 0 Å². The van der Waals surface area contributed by atoms with E-state index in [-0.39, 0.29) is 0 Å². The summed E-state index contributed by atoms with van der Waals surface area (Å²) in [5, 5.41) is 3.52. The molecule has 0 aromatic carbocycles. The Balaban J connectivity index is 1.85. The number of allylic oxidation sites excluding steroid dienone is 1. The molecule has 1 N–H and O–H groups in total. The van der Waals surface area contributed by atoms with Crippen LogP contribution in [-0.4, -0.2) is 26.3 Å². The Hall–Kier alpha value is -0.340. The minimum Gasteiger partial charge on any atom is -0.381 e. The van der Waals surface area contributed by atoms with Crippen LogP contribution in [0.15, 0.2) is 12.7 Å². The van der Waals surface area contributed by atoms with Crippen LogP contribution in [0.4, 0.5) is 0 Å². The Bertz CT molecular complexity index is 141. The number of ether oxygens (including phenoxy) is 1. The van der Waals surface area contributed by atoms with Crippen molar-refractivity contribution in [2.75, 3.05) is 26.3 Å². The molecule has 0 unspecified atom stereocenters. The first-order valence-electron chi connectivity index (χ1n) is 5.83. The summed E-state index contributed by atoms with van der Waals surface area (Å²) in [6.45, 7) is 7.98. The highest BCUT2D eigenvalue weighted by atomic mass is 16.5. The first-order chi connectivity index (χ1) is 6.93. The molecule has 0 aromatic heterocycles. The van der Waals surface area contributed by atoms with Crippen LogP contribution in [0.2, 0.25) is 0 Å². The van der Waals surface area contributed by atoms with Gasteiger partial charge < -0.3 is 10.1 Å². The van der Waals surface area contributed by atoms with Crippen molar-refractivity contribution in [3.05, 3.63) is 12.7 Å². The van der Waals surface area contributed by atoms with Gasteiger partial charge in [-0.2, -0.15) is 0 Å². The maximum Gasteiger partial charge on any atom is 0.0469 e. The molecule has 0 atom stereocenters. The highest BCUT2D eigenvalue weighted by Crippen LogP contribution is 2.12. The molecule has 0 bridgehead atoms. The number of rotatable bonds is 7. The van der Waals surface area contributed by atoms with Crippen molar-refractivity contribution in [1.29, 1.82) is 0 Å². The molecular formula is C12H23NO. The average Bonchev–Trinajstić information content (AvgIpc) is 2.25. The maximum atomic E-state index is 5.32. The third-order valence-electron chi connectivity index (χ3n) is 2.79. The van der Waals surface area contributed by atoms with E-state index in [0.29, 0.717) is 0 Å². The molecule has 0 radical (unpaired) electrons. The van der Waals surface area contributed by atoms with Gasteiger partial charge in [-0.1, -0.05) is 6.08 Å². The molecule has 82 valence electrons. The molecule has 1 aliphatic heterocycles. The van der Waals surface area contributed by atoms with Gasteiger partial charge in [0.15, 0.2) is 0 Å². The lowest BCUT2D eigenvalue weighted by molar-refractivity contribution is 0.0663. The zero-order valence-electron chi connectivity index (χ0n) is 9.13. The number of hydrogen-bond donors (Lipinski definition) is 1. The second-order valence-electron chi connectivity index (χ2n) is 4.04. The molecule has 2 heteroatoms. The molecule has 1 saturated heterocycles. The molecule has 0 saturated carbocycles. The van der Waals surface area contributed by atoms with Crippen molar-refractivity contribution in [1.82, 2.24) is 5.32 Å². The highest BCUT2D eigenvalue weighted by molar-refractivity contribution is 4.68. The molecule has 1 rings (SSSR count). The minimum atomic E-state index is 0.850. The zero-order chi connectivity index (χ0) is 10.1. The monoisotopic (exact) mass is 197 g/mol. The van der Waals surface area contributed by atoms with Gasteiger partial charge >= 0.3 is 0 Å². The van der Waals surface area contributed by atoms with Crippen molar-refractivity contribution in [3.63, 3.8) is 0 Å². The quantitative estimate of drug-likeness (QED) is 0.500. The summed E-state index contributed by atoms with van der Waals surface area (Å²) in [5.74, 6) is 0.850. The molecule has 1 aliphatic rings. The molecular weight excluding hydrogens is 174 g/mol. The average molecular weight is 197 g/mol. The van der Waals surface area contributed by atoms with Crippen LogP contribution in [0.1, 0.15) is 32.1 Å². The molecule has 0 spiro atoms. The standard InChI is InChI=1S/C12H23NO/c1-2-3-4-5-8-13-11-12-6-9-14-10-7-12/h2,12-13H,1,3-11H2. The first kappa shape index (κ1) is 11.7. The van der Waals surface area contributed by atoms with Crippen LogP contribution in [0.5, 0.6) is 0 Å². The number of unbranched alkanes of at least 4 members (excludes halogenated alkanes) is 2. The Morgan fingerprint density at radius 3 is 2.79 bits per heavy atom. The van der Waals surface area contributed by atoms with E-state index in [2.05, 4.69) is 11.9 Å². The lowest BCUT2D eigenvalue weighted by Gasteiger charge is -2.22. The van der Waals surface area contributed by atoms with Crippen LogP contribution in [0.25, 0.3) is 0 Å². The first-order valence-corrected chi connectivity index (χ1v) is 5.83. The predicted molar refractivity (Wildman–Crippen MR) is 60.5 cm³/mol. The second-order valence-corrected chi connectivity index (χ2v) is 4.04. The summed E-state index contributed by atoms with van der Waals surface area (Å²) in [4.78, 5) is 0. The van der Waals surface area contributed by atoms with Gasteiger partial charge in [0.05, 0.1) is 0 Å². The smallest absolute Gasteiger partial charge is 0.0469 e. The second kappa shape index (κ2) is 8.01. The van der Waals surface area contributed by atoms with E-state index in [9.17, 15) is 0 Å². The molecule has 14 heavy (non-hydrogen) atoms. The van der Waals surface area contributed by atoms with E-state index in [1.165, 1.54) is 32.2 Å². The molecule has 1 fully saturated rings. The Labute approximate surface area is 87.7 Å². The van der Waals surface area contributed by atoms with Crippen LogP contribution in [-0.2, 0) is 4.74 Å². The Morgan fingerprint density at radius 2 is 2.07 bits per heavy atom. The van der Waals surface area contributed by atoms with Crippen molar-refractivity contribution in [3.8, 4) is 0 Å². The van der Waals surface area contributed by atoms with Crippen LogP contribution < -0.4 is 5.32 Å². The van der Waals surface area contributed by atoms with Gasteiger partial charge in [-0.25, -0.2) is 0 Å². The fraction of sp³-hybridized carbons (Fsp3) is 0.833.